The van der Waals surface area contributed by atoms with Crippen LogP contribution in [-0.2, 0) is 11.8 Å². The van der Waals surface area contributed by atoms with Gasteiger partial charge >= 0.3 is 0 Å². The maximum Gasteiger partial charge on any atom is 0.230 e. The lowest BCUT2D eigenvalue weighted by Gasteiger charge is -2.24. The second-order valence-corrected chi connectivity index (χ2v) is 7.46. The first kappa shape index (κ1) is 20.3. The molecule has 1 amide bonds. The minimum absolute atomic E-state index is 0. The van der Waals surface area contributed by atoms with E-state index in [4.69, 9.17) is 0 Å². The highest BCUT2D eigenvalue weighted by atomic mass is 35.5. The molecule has 1 aliphatic heterocycles. The molecule has 0 radical (unpaired) electrons. The highest BCUT2D eigenvalue weighted by molar-refractivity contribution is 7.99. The zero-order valence-electron chi connectivity index (χ0n) is 14.4. The predicted molar refractivity (Wildman–Crippen MR) is 96.3 cm³/mol. The number of amides is 1. The molecule has 2 rings (SSSR count). The van der Waals surface area contributed by atoms with Crippen LogP contribution in [0.15, 0.2) is 5.16 Å². The van der Waals surface area contributed by atoms with Crippen molar-refractivity contribution in [1.82, 2.24) is 25.4 Å². The van der Waals surface area contributed by atoms with Crippen LogP contribution in [0.4, 0.5) is 0 Å². The van der Waals surface area contributed by atoms with Gasteiger partial charge in [0.1, 0.15) is 5.82 Å². The van der Waals surface area contributed by atoms with Gasteiger partial charge in [0.2, 0.25) is 5.91 Å². The van der Waals surface area contributed by atoms with Crippen LogP contribution < -0.4 is 10.6 Å². The summed E-state index contributed by atoms with van der Waals surface area (Å²) >= 11 is 1.45. The first-order chi connectivity index (χ1) is 10.4. The van der Waals surface area contributed by atoms with Crippen molar-refractivity contribution in [1.29, 1.82) is 0 Å². The predicted octanol–water partition coefficient (Wildman–Crippen LogP) is 2.10. The summed E-state index contributed by atoms with van der Waals surface area (Å²) in [5.41, 5.74) is -0.156. The number of hydrogen-bond donors (Lipinski definition) is 2. The molecule has 2 heterocycles. The highest BCUT2D eigenvalue weighted by Crippen LogP contribution is 2.24. The average Bonchev–Trinajstić information content (AvgIpc) is 2.87. The molecule has 23 heavy (non-hydrogen) atoms. The summed E-state index contributed by atoms with van der Waals surface area (Å²) in [5.74, 6) is 1.86. The molecule has 132 valence electrons. The third-order valence-corrected chi connectivity index (χ3v) is 5.24. The molecule has 1 saturated heterocycles. The van der Waals surface area contributed by atoms with Crippen molar-refractivity contribution in [3.05, 3.63) is 5.82 Å². The van der Waals surface area contributed by atoms with Gasteiger partial charge < -0.3 is 15.2 Å². The van der Waals surface area contributed by atoms with E-state index in [1.807, 2.05) is 25.5 Å². The molecular weight excluding hydrogens is 334 g/mol. The maximum atomic E-state index is 12.0. The van der Waals surface area contributed by atoms with Gasteiger partial charge in [0.15, 0.2) is 5.16 Å². The van der Waals surface area contributed by atoms with E-state index in [1.54, 1.807) is 0 Å². The zero-order chi connectivity index (χ0) is 16.2. The number of halogens is 1. The van der Waals surface area contributed by atoms with E-state index in [0.29, 0.717) is 11.7 Å². The summed E-state index contributed by atoms with van der Waals surface area (Å²) in [7, 11) is 1.99. The Kier molecular flexibility index (Phi) is 7.83. The van der Waals surface area contributed by atoms with Gasteiger partial charge in [-0.3, -0.25) is 4.79 Å². The number of nitrogens with one attached hydrogen (secondary N) is 2. The minimum Gasteiger partial charge on any atom is -0.351 e. The first-order valence-electron chi connectivity index (χ1n) is 7.97. The molecular formula is C15H28ClN5OS. The summed E-state index contributed by atoms with van der Waals surface area (Å²) in [5, 5.41) is 15.8. The van der Waals surface area contributed by atoms with E-state index in [0.717, 1.165) is 36.9 Å². The standard InChI is InChI=1S/C15H27N5OS.ClH/c1-5-15(2,3)17-12(21)10-22-14-19-18-13(20(14)4)11-7-6-8-16-9-11;/h11,16H,5-10H2,1-4H3,(H,17,21);1H. The summed E-state index contributed by atoms with van der Waals surface area (Å²) in [6.07, 6.45) is 3.23. The van der Waals surface area contributed by atoms with Crippen LogP contribution in [0, 0.1) is 0 Å². The molecule has 1 aromatic rings. The molecule has 1 fully saturated rings. The number of rotatable bonds is 6. The SMILES string of the molecule is CCC(C)(C)NC(=O)CSc1nnc(C2CCCNC2)n1C.Cl. The zero-order valence-corrected chi connectivity index (χ0v) is 16.0. The lowest BCUT2D eigenvalue weighted by atomic mass is 9.99. The molecule has 8 heteroatoms. The fourth-order valence-electron chi connectivity index (χ4n) is 2.51. The molecule has 0 bridgehead atoms. The van der Waals surface area contributed by atoms with Crippen molar-refractivity contribution in [2.24, 2.45) is 7.05 Å². The van der Waals surface area contributed by atoms with Crippen molar-refractivity contribution in [2.45, 2.75) is 56.6 Å². The highest BCUT2D eigenvalue weighted by Gasteiger charge is 2.23. The Morgan fingerprint density at radius 2 is 2.22 bits per heavy atom. The smallest absolute Gasteiger partial charge is 0.230 e. The van der Waals surface area contributed by atoms with Gasteiger partial charge in [-0.1, -0.05) is 18.7 Å². The molecule has 0 aromatic carbocycles. The topological polar surface area (TPSA) is 71.8 Å². The number of carbonyl (C=O) groups excluding carboxylic acids is 1. The average molecular weight is 362 g/mol. The van der Waals surface area contributed by atoms with Crippen molar-refractivity contribution in [2.75, 3.05) is 18.8 Å². The molecule has 1 unspecified atom stereocenters. The van der Waals surface area contributed by atoms with Gasteiger partial charge in [-0.15, -0.1) is 22.6 Å². The molecule has 0 saturated carbocycles. The van der Waals surface area contributed by atoms with E-state index in [1.165, 1.54) is 18.2 Å². The number of piperidine rings is 1. The Hall–Kier alpha value is -0.790. The lowest BCUT2D eigenvalue weighted by Crippen LogP contribution is -2.43. The normalized spacial score (nSPS) is 18.3. The molecule has 1 aliphatic rings. The maximum absolute atomic E-state index is 12.0. The van der Waals surface area contributed by atoms with Crippen molar-refractivity contribution in [3.8, 4) is 0 Å². The van der Waals surface area contributed by atoms with Gasteiger partial charge in [-0.2, -0.15) is 0 Å². The number of aromatic nitrogens is 3. The van der Waals surface area contributed by atoms with Gasteiger partial charge in [0.25, 0.3) is 0 Å². The van der Waals surface area contributed by atoms with E-state index in [-0.39, 0.29) is 23.9 Å². The molecule has 1 atom stereocenters. The first-order valence-corrected chi connectivity index (χ1v) is 8.95. The second kappa shape index (κ2) is 8.89. The van der Waals surface area contributed by atoms with Gasteiger partial charge in [0, 0.05) is 25.0 Å². The Labute approximate surface area is 149 Å². The van der Waals surface area contributed by atoms with Crippen LogP contribution in [0.3, 0.4) is 0 Å². The van der Waals surface area contributed by atoms with Crippen LogP contribution >= 0.6 is 24.2 Å². The van der Waals surface area contributed by atoms with Gasteiger partial charge in [-0.05, 0) is 39.7 Å². The van der Waals surface area contributed by atoms with E-state index in [2.05, 4.69) is 27.8 Å². The van der Waals surface area contributed by atoms with Crippen LogP contribution in [-0.4, -0.2) is 45.1 Å². The van der Waals surface area contributed by atoms with Crippen LogP contribution in [0.1, 0.15) is 51.8 Å². The Morgan fingerprint density at radius 3 is 2.83 bits per heavy atom. The van der Waals surface area contributed by atoms with Crippen LogP contribution in [0.2, 0.25) is 0 Å². The monoisotopic (exact) mass is 361 g/mol. The largest absolute Gasteiger partial charge is 0.351 e. The van der Waals surface area contributed by atoms with Crippen molar-refractivity contribution >= 4 is 30.1 Å². The minimum atomic E-state index is -0.156. The summed E-state index contributed by atoms with van der Waals surface area (Å²) < 4.78 is 2.03. The third kappa shape index (κ3) is 5.65. The van der Waals surface area contributed by atoms with Gasteiger partial charge in [0.05, 0.1) is 5.75 Å². The summed E-state index contributed by atoms with van der Waals surface area (Å²) in [4.78, 5) is 12.0. The van der Waals surface area contributed by atoms with Crippen molar-refractivity contribution in [3.63, 3.8) is 0 Å². The number of carbonyl (C=O) groups is 1. The fourth-order valence-corrected chi connectivity index (χ4v) is 3.23. The fraction of sp³-hybridized carbons (Fsp3) is 0.800. The Balaban J connectivity index is 0.00000264. The molecule has 6 nitrogen and oxygen atoms in total. The quantitative estimate of drug-likeness (QED) is 0.759. The second-order valence-electron chi connectivity index (χ2n) is 6.52. The number of hydrogen-bond acceptors (Lipinski definition) is 5. The lowest BCUT2D eigenvalue weighted by molar-refractivity contribution is -0.120. The van der Waals surface area contributed by atoms with E-state index >= 15 is 0 Å². The van der Waals surface area contributed by atoms with Crippen LogP contribution in [0.25, 0.3) is 0 Å². The van der Waals surface area contributed by atoms with Crippen molar-refractivity contribution < 1.29 is 4.79 Å². The van der Waals surface area contributed by atoms with E-state index < -0.39 is 0 Å². The summed E-state index contributed by atoms with van der Waals surface area (Å²) in [6, 6.07) is 0. The third-order valence-electron chi connectivity index (χ3n) is 4.22. The summed E-state index contributed by atoms with van der Waals surface area (Å²) in [6.45, 7) is 8.18. The molecule has 2 N–H and O–H groups in total. The van der Waals surface area contributed by atoms with Crippen LogP contribution in [0.5, 0.6) is 0 Å². The van der Waals surface area contributed by atoms with Gasteiger partial charge in [-0.25, -0.2) is 0 Å². The molecule has 0 aliphatic carbocycles. The Bertz CT molecular complexity index is 514. The number of nitrogens with zero attached hydrogens (tertiary/aromatic N) is 3. The number of thioether (sulfide) groups is 1. The molecule has 0 spiro atoms. The van der Waals surface area contributed by atoms with E-state index in [9.17, 15) is 4.79 Å². The Morgan fingerprint density at radius 1 is 1.48 bits per heavy atom. The molecule has 1 aromatic heterocycles.